The third kappa shape index (κ3) is 3.23. The Morgan fingerprint density at radius 3 is 2.89 bits per heavy atom. The molecule has 0 amide bonds. The monoisotopic (exact) mass is 386 g/mol. The predicted octanol–water partition coefficient (Wildman–Crippen LogP) is 2.84. The first kappa shape index (κ1) is 16.8. The number of fused-ring (bicyclic) bond motifs is 2. The minimum atomic E-state index is -1.17. The van der Waals surface area contributed by atoms with Gasteiger partial charge in [0.05, 0.1) is 19.0 Å². The van der Waals surface area contributed by atoms with Gasteiger partial charge in [-0.3, -0.25) is 4.57 Å². The molecule has 3 N–H and O–H groups in total. The zero-order valence-electron chi connectivity index (χ0n) is 14.4. The highest BCUT2D eigenvalue weighted by Gasteiger charge is 2.39. The Morgan fingerprint density at radius 2 is 2.00 bits per heavy atom. The van der Waals surface area contributed by atoms with Crippen LogP contribution in [-0.4, -0.2) is 38.3 Å². The Bertz CT molecular complexity index is 939. The fourth-order valence-corrected chi connectivity index (χ4v) is 4.68. The second-order valence-corrected chi connectivity index (χ2v) is 7.67. The Kier molecular flexibility index (Phi) is 4.37. The maximum absolute atomic E-state index is 6.24. The number of nitrogens with one attached hydrogen (secondary N) is 1. The molecule has 2 aliphatic rings. The molecule has 0 saturated carbocycles. The first-order chi connectivity index (χ1) is 13.3. The number of benzene rings is 1. The molecule has 2 saturated heterocycles. The quantitative estimate of drug-likeness (QED) is 0.662. The molecule has 3 aromatic rings. The Morgan fingerprint density at radius 1 is 1.11 bits per heavy atom. The molecule has 4 atom stereocenters. The number of para-hydroxylation sites is 1. The van der Waals surface area contributed by atoms with Gasteiger partial charge in [0.1, 0.15) is 24.2 Å². The Labute approximate surface area is 156 Å². The van der Waals surface area contributed by atoms with E-state index in [4.69, 9.17) is 19.5 Å². The molecule has 4 heterocycles. The fourth-order valence-electron chi connectivity index (χ4n) is 3.37. The SMILES string of the molecule is Nc1ncnc2c1ncn2[C@H]1CC[C@@H]2O[P@@](Nc3ccccc3)OC[C@H]2O1. The van der Waals surface area contributed by atoms with Crippen molar-refractivity contribution in [2.24, 2.45) is 0 Å². The molecule has 2 fully saturated rings. The fraction of sp³-hybridized carbons (Fsp3) is 0.353. The van der Waals surface area contributed by atoms with Gasteiger partial charge >= 0.3 is 0 Å². The molecule has 140 valence electrons. The number of anilines is 2. The van der Waals surface area contributed by atoms with Gasteiger partial charge < -0.3 is 24.6 Å². The molecule has 5 rings (SSSR count). The Hall–Kier alpha value is -2.32. The van der Waals surface area contributed by atoms with E-state index in [1.54, 1.807) is 6.33 Å². The normalized spacial score (nSPS) is 28.0. The second kappa shape index (κ2) is 7.01. The van der Waals surface area contributed by atoms with Gasteiger partial charge in [-0.15, -0.1) is 0 Å². The highest BCUT2D eigenvalue weighted by Crippen LogP contribution is 2.47. The van der Waals surface area contributed by atoms with Crippen LogP contribution in [0.25, 0.3) is 11.2 Å². The third-order valence-corrected chi connectivity index (χ3v) is 6.01. The largest absolute Gasteiger partial charge is 0.382 e. The molecule has 0 aliphatic carbocycles. The van der Waals surface area contributed by atoms with Crippen molar-refractivity contribution in [1.29, 1.82) is 0 Å². The minimum Gasteiger partial charge on any atom is -0.382 e. The first-order valence-corrected chi connectivity index (χ1v) is 9.95. The van der Waals surface area contributed by atoms with Crippen LogP contribution in [0.3, 0.4) is 0 Å². The number of rotatable bonds is 3. The lowest BCUT2D eigenvalue weighted by atomic mass is 10.0. The lowest BCUT2D eigenvalue weighted by molar-refractivity contribution is -0.162. The van der Waals surface area contributed by atoms with E-state index in [-0.39, 0.29) is 18.4 Å². The summed E-state index contributed by atoms with van der Waals surface area (Å²) in [5, 5.41) is 3.30. The molecule has 27 heavy (non-hydrogen) atoms. The summed E-state index contributed by atoms with van der Waals surface area (Å²) in [6.45, 7) is 0.483. The van der Waals surface area contributed by atoms with Crippen molar-refractivity contribution < 1.29 is 13.8 Å². The van der Waals surface area contributed by atoms with Crippen molar-refractivity contribution >= 4 is 31.2 Å². The molecule has 1 aromatic carbocycles. The minimum absolute atomic E-state index is 0.00630. The van der Waals surface area contributed by atoms with Gasteiger partial charge in [-0.2, -0.15) is 0 Å². The van der Waals surface area contributed by atoms with Crippen LogP contribution < -0.4 is 10.8 Å². The number of nitrogen functional groups attached to an aromatic ring is 1. The van der Waals surface area contributed by atoms with Crippen molar-refractivity contribution in [3.63, 3.8) is 0 Å². The van der Waals surface area contributed by atoms with Crippen LogP contribution in [0.1, 0.15) is 19.1 Å². The van der Waals surface area contributed by atoms with Crippen molar-refractivity contribution in [3.05, 3.63) is 43.0 Å². The zero-order valence-corrected chi connectivity index (χ0v) is 15.3. The maximum atomic E-state index is 6.24. The van der Waals surface area contributed by atoms with Crippen molar-refractivity contribution in [1.82, 2.24) is 19.5 Å². The molecular weight excluding hydrogens is 367 g/mol. The topological polar surface area (TPSA) is 109 Å². The molecule has 9 nitrogen and oxygen atoms in total. The highest BCUT2D eigenvalue weighted by molar-refractivity contribution is 7.49. The standard InChI is InChI=1S/C17H19N6O3P/c18-16-15-17(20-9-19-16)23(10-21-15)14-7-6-12-13(25-14)8-24-27(26-12)22-11-4-2-1-3-5-11/h1-5,9-10,12-14,22H,6-8H2,(H2,18,19,20)/t12-,13+,14+,27-/m0/s1. The molecule has 2 aliphatic heterocycles. The molecule has 0 unspecified atom stereocenters. The number of nitrogens with two attached hydrogens (primary N) is 1. The van der Waals surface area contributed by atoms with E-state index in [1.165, 1.54) is 6.33 Å². The van der Waals surface area contributed by atoms with E-state index in [0.29, 0.717) is 23.6 Å². The van der Waals surface area contributed by atoms with E-state index in [0.717, 1.165) is 18.5 Å². The van der Waals surface area contributed by atoms with Gasteiger partial charge in [-0.25, -0.2) is 15.0 Å². The molecule has 0 radical (unpaired) electrons. The summed E-state index contributed by atoms with van der Waals surface area (Å²) < 4.78 is 20.1. The van der Waals surface area contributed by atoms with Crippen molar-refractivity contribution in [2.75, 3.05) is 17.4 Å². The van der Waals surface area contributed by atoms with Crippen LogP contribution in [0.15, 0.2) is 43.0 Å². The van der Waals surface area contributed by atoms with Crippen molar-refractivity contribution in [3.8, 4) is 0 Å². The van der Waals surface area contributed by atoms with Gasteiger partial charge in [-0.1, -0.05) is 18.2 Å². The number of ether oxygens (including phenoxy) is 1. The van der Waals surface area contributed by atoms with E-state index in [2.05, 4.69) is 20.0 Å². The third-order valence-electron chi connectivity index (χ3n) is 4.72. The van der Waals surface area contributed by atoms with E-state index in [9.17, 15) is 0 Å². The average Bonchev–Trinajstić information content (AvgIpc) is 3.14. The van der Waals surface area contributed by atoms with Crippen LogP contribution in [0, 0.1) is 0 Å². The first-order valence-electron chi connectivity index (χ1n) is 8.78. The van der Waals surface area contributed by atoms with Crippen LogP contribution in [-0.2, 0) is 13.8 Å². The second-order valence-electron chi connectivity index (χ2n) is 6.46. The van der Waals surface area contributed by atoms with Crippen LogP contribution in [0.5, 0.6) is 0 Å². The summed E-state index contributed by atoms with van der Waals surface area (Å²) in [5.74, 6) is 0.370. The highest BCUT2D eigenvalue weighted by atomic mass is 31.2. The number of imidazole rings is 1. The molecule has 0 bridgehead atoms. The van der Waals surface area contributed by atoms with Gasteiger partial charge in [0, 0.05) is 5.69 Å². The van der Waals surface area contributed by atoms with Gasteiger partial charge in [0.15, 0.2) is 11.5 Å². The lowest BCUT2D eigenvalue weighted by Crippen LogP contribution is -2.44. The molecule has 10 heteroatoms. The maximum Gasteiger partial charge on any atom is 0.287 e. The van der Waals surface area contributed by atoms with Crippen LogP contribution >= 0.6 is 8.53 Å². The summed E-state index contributed by atoms with van der Waals surface area (Å²) in [4.78, 5) is 12.6. The Balaban J connectivity index is 1.27. The van der Waals surface area contributed by atoms with Crippen molar-refractivity contribution in [2.45, 2.75) is 31.3 Å². The van der Waals surface area contributed by atoms with Gasteiger partial charge in [0.25, 0.3) is 8.53 Å². The summed E-state index contributed by atoms with van der Waals surface area (Å²) in [6, 6.07) is 9.91. The smallest absolute Gasteiger partial charge is 0.287 e. The van der Waals surface area contributed by atoms with Crippen LogP contribution in [0.2, 0.25) is 0 Å². The summed E-state index contributed by atoms with van der Waals surface area (Å²) >= 11 is 0. The molecule has 2 aromatic heterocycles. The predicted molar refractivity (Wildman–Crippen MR) is 101 cm³/mol. The van der Waals surface area contributed by atoms with E-state index < -0.39 is 8.53 Å². The average molecular weight is 386 g/mol. The number of hydrogen-bond donors (Lipinski definition) is 2. The molecular formula is C17H19N6O3P. The zero-order chi connectivity index (χ0) is 18.2. The van der Waals surface area contributed by atoms with Gasteiger partial charge in [0.2, 0.25) is 0 Å². The lowest BCUT2D eigenvalue weighted by Gasteiger charge is -2.41. The summed E-state index contributed by atoms with van der Waals surface area (Å²) in [6.07, 6.45) is 4.51. The van der Waals surface area contributed by atoms with E-state index in [1.807, 2.05) is 34.9 Å². The van der Waals surface area contributed by atoms with E-state index >= 15 is 0 Å². The van der Waals surface area contributed by atoms with Crippen LogP contribution in [0.4, 0.5) is 11.5 Å². The van der Waals surface area contributed by atoms with Gasteiger partial charge in [-0.05, 0) is 25.0 Å². The summed E-state index contributed by atoms with van der Waals surface area (Å²) in [7, 11) is -1.17. The molecule has 0 spiro atoms. The summed E-state index contributed by atoms with van der Waals surface area (Å²) in [5.41, 5.74) is 8.13. The number of nitrogens with zero attached hydrogens (tertiary/aromatic N) is 4. The number of aromatic nitrogens is 4. The number of hydrogen-bond acceptors (Lipinski definition) is 8.